The Balaban J connectivity index is 1.59. The van der Waals surface area contributed by atoms with Crippen molar-refractivity contribution in [3.63, 3.8) is 0 Å². The van der Waals surface area contributed by atoms with E-state index in [0.717, 1.165) is 38.2 Å². The average molecular weight is 424 g/mol. The van der Waals surface area contributed by atoms with Crippen LogP contribution < -0.4 is 9.47 Å². The molecule has 1 aliphatic heterocycles. The van der Waals surface area contributed by atoms with Gasteiger partial charge in [0.05, 0.1) is 34.8 Å². The van der Waals surface area contributed by atoms with Gasteiger partial charge in [-0.1, -0.05) is 19.3 Å². The Morgan fingerprint density at radius 2 is 1.74 bits per heavy atom. The van der Waals surface area contributed by atoms with E-state index in [-0.39, 0.29) is 40.1 Å². The van der Waals surface area contributed by atoms with Crippen molar-refractivity contribution in [1.29, 1.82) is 0 Å². The molecule has 4 rings (SSSR count). The van der Waals surface area contributed by atoms with Crippen molar-refractivity contribution in [3.05, 3.63) is 63.2 Å². The zero-order valence-corrected chi connectivity index (χ0v) is 16.8. The number of benzene rings is 2. The third-order valence-corrected chi connectivity index (χ3v) is 5.66. The van der Waals surface area contributed by atoms with Gasteiger partial charge in [0.15, 0.2) is 0 Å². The monoisotopic (exact) mass is 424 g/mol. The highest BCUT2D eigenvalue weighted by atomic mass is 16.6. The first-order valence-electron chi connectivity index (χ1n) is 9.97. The number of nitro groups is 1. The number of carbonyl (C=O) groups is 3. The number of amides is 2. The van der Waals surface area contributed by atoms with E-state index in [1.165, 1.54) is 42.3 Å². The molecule has 0 atom stereocenters. The van der Waals surface area contributed by atoms with Gasteiger partial charge in [0, 0.05) is 6.04 Å². The van der Waals surface area contributed by atoms with Gasteiger partial charge in [0.1, 0.15) is 5.75 Å². The zero-order chi connectivity index (χ0) is 22.1. The van der Waals surface area contributed by atoms with Crippen molar-refractivity contribution < 1.29 is 28.8 Å². The van der Waals surface area contributed by atoms with Gasteiger partial charge in [-0.2, -0.15) is 0 Å². The lowest BCUT2D eigenvalue weighted by atomic mass is 9.94. The topological polar surface area (TPSA) is 116 Å². The van der Waals surface area contributed by atoms with Crippen molar-refractivity contribution in [3.8, 4) is 11.5 Å². The van der Waals surface area contributed by atoms with Crippen LogP contribution in [0.3, 0.4) is 0 Å². The molecular formula is C22H20N2O7. The molecule has 1 saturated carbocycles. The number of nitrogens with zero attached hydrogens (tertiary/aromatic N) is 2. The lowest BCUT2D eigenvalue weighted by Gasteiger charge is -2.29. The predicted octanol–water partition coefficient (Wildman–Crippen LogP) is 3.75. The summed E-state index contributed by atoms with van der Waals surface area (Å²) < 4.78 is 10.2. The number of rotatable bonds is 5. The third-order valence-electron chi connectivity index (χ3n) is 5.66. The fourth-order valence-corrected chi connectivity index (χ4v) is 4.07. The molecule has 2 aromatic carbocycles. The van der Waals surface area contributed by atoms with E-state index >= 15 is 0 Å². The smallest absolute Gasteiger partial charge is 0.343 e. The summed E-state index contributed by atoms with van der Waals surface area (Å²) in [6.07, 6.45) is 4.59. The van der Waals surface area contributed by atoms with Gasteiger partial charge < -0.3 is 9.47 Å². The average Bonchev–Trinajstić information content (AvgIpc) is 3.04. The second kappa shape index (κ2) is 8.17. The summed E-state index contributed by atoms with van der Waals surface area (Å²) in [6.45, 7) is 0. The lowest BCUT2D eigenvalue weighted by molar-refractivity contribution is -0.385. The Kier molecular flexibility index (Phi) is 5.41. The van der Waals surface area contributed by atoms with Crippen LogP contribution in [0.5, 0.6) is 11.5 Å². The second-order valence-corrected chi connectivity index (χ2v) is 7.51. The van der Waals surface area contributed by atoms with Gasteiger partial charge in [-0.15, -0.1) is 0 Å². The van der Waals surface area contributed by atoms with Gasteiger partial charge in [-0.3, -0.25) is 24.6 Å². The number of hydrogen-bond acceptors (Lipinski definition) is 7. The molecule has 0 spiro atoms. The van der Waals surface area contributed by atoms with E-state index in [1.54, 1.807) is 0 Å². The van der Waals surface area contributed by atoms with E-state index in [1.807, 2.05) is 0 Å². The first kappa shape index (κ1) is 20.5. The highest BCUT2D eigenvalue weighted by Crippen LogP contribution is 2.33. The number of imide groups is 1. The molecule has 160 valence electrons. The fraction of sp³-hybridized carbons (Fsp3) is 0.318. The van der Waals surface area contributed by atoms with Gasteiger partial charge >= 0.3 is 11.7 Å². The molecule has 0 radical (unpaired) electrons. The molecule has 2 amide bonds. The van der Waals surface area contributed by atoms with Crippen LogP contribution in [0.2, 0.25) is 0 Å². The molecule has 9 nitrogen and oxygen atoms in total. The quantitative estimate of drug-likeness (QED) is 0.236. The van der Waals surface area contributed by atoms with Crippen molar-refractivity contribution in [1.82, 2.24) is 4.90 Å². The van der Waals surface area contributed by atoms with Crippen molar-refractivity contribution in [2.45, 2.75) is 38.1 Å². The minimum absolute atomic E-state index is 0.0236. The number of hydrogen-bond donors (Lipinski definition) is 0. The van der Waals surface area contributed by atoms with Crippen LogP contribution in [0, 0.1) is 10.1 Å². The maximum atomic E-state index is 12.9. The van der Waals surface area contributed by atoms with Crippen molar-refractivity contribution in [2.24, 2.45) is 0 Å². The number of carbonyl (C=O) groups excluding carboxylic acids is 3. The van der Waals surface area contributed by atoms with Crippen molar-refractivity contribution in [2.75, 3.05) is 7.11 Å². The highest BCUT2D eigenvalue weighted by molar-refractivity contribution is 6.22. The number of fused-ring (bicyclic) bond motifs is 1. The summed E-state index contributed by atoms with van der Waals surface area (Å²) >= 11 is 0. The Morgan fingerprint density at radius 3 is 2.42 bits per heavy atom. The molecule has 2 aliphatic rings. The molecule has 0 aromatic heterocycles. The van der Waals surface area contributed by atoms with Crippen LogP contribution in [-0.2, 0) is 0 Å². The molecule has 9 heteroatoms. The molecule has 2 aromatic rings. The molecule has 1 heterocycles. The Morgan fingerprint density at radius 1 is 1.03 bits per heavy atom. The minimum Gasteiger partial charge on any atom is -0.496 e. The number of nitro benzene ring substituents is 1. The summed E-state index contributed by atoms with van der Waals surface area (Å²) in [5, 5.41) is 11.3. The summed E-state index contributed by atoms with van der Waals surface area (Å²) in [6, 6.07) is 7.85. The molecule has 1 aliphatic carbocycles. The molecule has 0 unspecified atom stereocenters. The van der Waals surface area contributed by atoms with Crippen LogP contribution >= 0.6 is 0 Å². The van der Waals surface area contributed by atoms with E-state index in [0.29, 0.717) is 0 Å². The SMILES string of the molecule is COc1ccc(OC(=O)c2ccc3c(c2)C(=O)N(C2CCCCC2)C3=O)c([N+](=O)[O-])c1. The molecule has 0 saturated heterocycles. The summed E-state index contributed by atoms with van der Waals surface area (Å²) in [4.78, 5) is 50.2. The van der Waals surface area contributed by atoms with Gasteiger partial charge in [-0.05, 0) is 43.2 Å². The predicted molar refractivity (Wildman–Crippen MR) is 108 cm³/mol. The van der Waals surface area contributed by atoms with Gasteiger partial charge in [0.2, 0.25) is 5.75 Å². The first-order valence-corrected chi connectivity index (χ1v) is 9.97. The molecular weight excluding hydrogens is 404 g/mol. The minimum atomic E-state index is -0.868. The van der Waals surface area contributed by atoms with Gasteiger partial charge in [-0.25, -0.2) is 4.79 Å². The fourth-order valence-electron chi connectivity index (χ4n) is 4.07. The standard InChI is InChI=1S/C22H20N2O7/c1-30-15-8-10-19(18(12-15)24(28)29)31-22(27)13-7-9-16-17(11-13)21(26)23(20(16)25)14-5-3-2-4-6-14/h7-12,14H,2-6H2,1H3. The van der Waals surface area contributed by atoms with E-state index in [2.05, 4.69) is 0 Å². The summed E-state index contributed by atoms with van der Waals surface area (Å²) in [5.41, 5.74) is -0.00379. The maximum Gasteiger partial charge on any atom is 0.343 e. The first-order chi connectivity index (χ1) is 14.9. The number of methoxy groups -OCH3 is 1. The Labute approximate surface area is 177 Å². The maximum absolute atomic E-state index is 12.9. The van der Waals surface area contributed by atoms with Crippen LogP contribution in [0.25, 0.3) is 0 Å². The summed E-state index contributed by atoms with van der Waals surface area (Å²) in [7, 11) is 1.37. The van der Waals surface area contributed by atoms with E-state index in [9.17, 15) is 24.5 Å². The molecule has 0 N–H and O–H groups in total. The number of esters is 1. The van der Waals surface area contributed by atoms with Crippen LogP contribution in [0.4, 0.5) is 5.69 Å². The Hall–Kier alpha value is -3.75. The van der Waals surface area contributed by atoms with E-state index < -0.39 is 22.5 Å². The van der Waals surface area contributed by atoms with Crippen LogP contribution in [0.15, 0.2) is 36.4 Å². The normalized spacial score (nSPS) is 16.2. The van der Waals surface area contributed by atoms with Crippen LogP contribution in [-0.4, -0.2) is 40.8 Å². The largest absolute Gasteiger partial charge is 0.496 e. The Bertz CT molecular complexity index is 1090. The summed E-state index contributed by atoms with van der Waals surface area (Å²) in [5.74, 6) is -1.64. The zero-order valence-electron chi connectivity index (χ0n) is 16.8. The molecule has 0 bridgehead atoms. The lowest BCUT2D eigenvalue weighted by Crippen LogP contribution is -2.40. The number of ether oxygens (including phenoxy) is 2. The molecule has 1 fully saturated rings. The molecule has 31 heavy (non-hydrogen) atoms. The highest BCUT2D eigenvalue weighted by Gasteiger charge is 2.40. The van der Waals surface area contributed by atoms with Gasteiger partial charge in [0.25, 0.3) is 11.8 Å². The van der Waals surface area contributed by atoms with Crippen LogP contribution in [0.1, 0.15) is 63.2 Å². The second-order valence-electron chi connectivity index (χ2n) is 7.51. The van der Waals surface area contributed by atoms with E-state index in [4.69, 9.17) is 9.47 Å². The third kappa shape index (κ3) is 3.74. The van der Waals surface area contributed by atoms with Crippen molar-refractivity contribution >= 4 is 23.5 Å².